The van der Waals surface area contributed by atoms with Gasteiger partial charge < -0.3 is 5.32 Å². The van der Waals surface area contributed by atoms with E-state index in [4.69, 9.17) is 0 Å². The molecule has 0 saturated carbocycles. The minimum Gasteiger partial charge on any atom is -0.306 e. The molecule has 1 heterocycles. The van der Waals surface area contributed by atoms with Gasteiger partial charge in [0.1, 0.15) is 0 Å². The summed E-state index contributed by atoms with van der Waals surface area (Å²) >= 11 is 0. The summed E-state index contributed by atoms with van der Waals surface area (Å²) in [4.78, 5) is 4.58. The van der Waals surface area contributed by atoms with Gasteiger partial charge in [-0.25, -0.2) is 0 Å². The Morgan fingerprint density at radius 2 is 2.29 bits per heavy atom. The Morgan fingerprint density at radius 3 is 3.00 bits per heavy atom. The number of hydrogen-bond acceptors (Lipinski definition) is 2. The van der Waals surface area contributed by atoms with E-state index >= 15 is 0 Å². The highest BCUT2D eigenvalue weighted by Gasteiger charge is 2.24. The molecule has 1 aromatic heterocycles. The third-order valence-corrected chi connectivity index (χ3v) is 3.85. The maximum atomic E-state index is 4.58. The highest BCUT2D eigenvalue weighted by molar-refractivity contribution is 5.25. The molecule has 0 saturated heterocycles. The van der Waals surface area contributed by atoms with Crippen LogP contribution in [0.2, 0.25) is 0 Å². The third kappa shape index (κ3) is 2.86. The number of pyridine rings is 1. The highest BCUT2D eigenvalue weighted by Crippen LogP contribution is 2.28. The van der Waals surface area contributed by atoms with E-state index in [9.17, 15) is 0 Å². The highest BCUT2D eigenvalue weighted by atomic mass is 15.0. The van der Waals surface area contributed by atoms with Crippen molar-refractivity contribution in [2.75, 3.05) is 0 Å². The van der Waals surface area contributed by atoms with Crippen LogP contribution in [0.3, 0.4) is 0 Å². The van der Waals surface area contributed by atoms with E-state index < -0.39 is 0 Å². The van der Waals surface area contributed by atoms with Crippen LogP contribution in [0.5, 0.6) is 0 Å². The Kier molecular flexibility index (Phi) is 4.16. The van der Waals surface area contributed by atoms with Crippen molar-refractivity contribution >= 4 is 0 Å². The topological polar surface area (TPSA) is 24.9 Å². The molecule has 0 bridgehead atoms. The fraction of sp³-hybridized carbons (Fsp3) is 0.667. The average Bonchev–Trinajstić information content (AvgIpc) is 2.35. The standard InChI is InChI=1S/C15H24N2/c1-4-13(11(2)3)17-14-9-5-7-12-8-6-10-16-15(12)14/h6,8,10-11,13-14,17H,4-5,7,9H2,1-3H3. The lowest BCUT2D eigenvalue weighted by Gasteiger charge is -2.31. The first kappa shape index (κ1) is 12.6. The predicted octanol–water partition coefficient (Wildman–Crippen LogP) is 3.48. The van der Waals surface area contributed by atoms with Crippen molar-refractivity contribution in [2.24, 2.45) is 5.92 Å². The number of rotatable bonds is 4. The van der Waals surface area contributed by atoms with Gasteiger partial charge >= 0.3 is 0 Å². The minimum atomic E-state index is 0.465. The van der Waals surface area contributed by atoms with Gasteiger partial charge in [-0.3, -0.25) is 4.98 Å². The van der Waals surface area contributed by atoms with Crippen LogP contribution in [0.4, 0.5) is 0 Å². The summed E-state index contributed by atoms with van der Waals surface area (Å²) in [6, 6.07) is 5.35. The monoisotopic (exact) mass is 232 g/mol. The van der Waals surface area contributed by atoms with Crippen LogP contribution in [0, 0.1) is 5.92 Å². The zero-order valence-corrected chi connectivity index (χ0v) is 11.2. The second-order valence-corrected chi connectivity index (χ2v) is 5.42. The summed E-state index contributed by atoms with van der Waals surface area (Å²) in [5.74, 6) is 0.689. The van der Waals surface area contributed by atoms with Crippen molar-refractivity contribution < 1.29 is 0 Å². The quantitative estimate of drug-likeness (QED) is 0.859. The van der Waals surface area contributed by atoms with E-state index in [1.165, 1.54) is 36.9 Å². The molecule has 0 spiro atoms. The molecular formula is C15H24N2. The molecule has 17 heavy (non-hydrogen) atoms. The van der Waals surface area contributed by atoms with Gasteiger partial charge in [0.25, 0.3) is 0 Å². The van der Waals surface area contributed by atoms with E-state index in [0.717, 1.165) is 0 Å². The number of aromatic nitrogens is 1. The molecule has 2 rings (SSSR count). The molecule has 2 unspecified atom stereocenters. The zero-order valence-electron chi connectivity index (χ0n) is 11.2. The van der Waals surface area contributed by atoms with Crippen LogP contribution in [-0.2, 0) is 6.42 Å². The molecule has 0 aliphatic heterocycles. The van der Waals surface area contributed by atoms with E-state index in [-0.39, 0.29) is 0 Å². The Bertz CT molecular complexity index is 360. The van der Waals surface area contributed by atoms with Crippen LogP contribution < -0.4 is 5.32 Å². The third-order valence-electron chi connectivity index (χ3n) is 3.85. The summed E-state index contributed by atoms with van der Waals surface area (Å²) in [6.07, 6.45) is 6.82. The average molecular weight is 232 g/mol. The number of nitrogens with one attached hydrogen (secondary N) is 1. The number of aryl methyl sites for hydroxylation is 1. The van der Waals surface area contributed by atoms with Gasteiger partial charge in [0.2, 0.25) is 0 Å². The largest absolute Gasteiger partial charge is 0.306 e. The van der Waals surface area contributed by atoms with Crippen LogP contribution in [0.25, 0.3) is 0 Å². The Balaban J connectivity index is 2.13. The fourth-order valence-electron chi connectivity index (χ4n) is 2.81. The molecule has 0 aromatic carbocycles. The van der Waals surface area contributed by atoms with E-state index in [2.05, 4.69) is 43.2 Å². The SMILES string of the molecule is CCC(NC1CCCc2cccnc21)C(C)C. The van der Waals surface area contributed by atoms with Crippen molar-refractivity contribution in [3.63, 3.8) is 0 Å². The first-order valence-electron chi connectivity index (χ1n) is 6.92. The Morgan fingerprint density at radius 1 is 1.47 bits per heavy atom. The molecule has 0 radical (unpaired) electrons. The maximum absolute atomic E-state index is 4.58. The molecule has 94 valence electrons. The normalized spacial score (nSPS) is 21.3. The lowest BCUT2D eigenvalue weighted by molar-refractivity contribution is 0.321. The number of fused-ring (bicyclic) bond motifs is 1. The van der Waals surface area contributed by atoms with Gasteiger partial charge in [-0.2, -0.15) is 0 Å². The second kappa shape index (κ2) is 5.63. The molecule has 1 aromatic rings. The van der Waals surface area contributed by atoms with Crippen molar-refractivity contribution in [2.45, 2.75) is 58.5 Å². The van der Waals surface area contributed by atoms with Gasteiger partial charge in [0.15, 0.2) is 0 Å². The maximum Gasteiger partial charge on any atom is 0.0605 e. The number of hydrogen-bond donors (Lipinski definition) is 1. The van der Waals surface area contributed by atoms with Gasteiger partial charge in [-0.15, -0.1) is 0 Å². The summed E-state index contributed by atoms with van der Waals surface area (Å²) in [5, 5.41) is 3.80. The van der Waals surface area contributed by atoms with Crippen LogP contribution in [0.1, 0.15) is 57.3 Å². The van der Waals surface area contributed by atoms with Crippen LogP contribution >= 0.6 is 0 Å². The molecule has 2 heteroatoms. The summed E-state index contributed by atoms with van der Waals surface area (Å²) in [6.45, 7) is 6.85. The number of nitrogens with zero attached hydrogens (tertiary/aromatic N) is 1. The second-order valence-electron chi connectivity index (χ2n) is 5.42. The molecule has 0 amide bonds. The lowest BCUT2D eigenvalue weighted by atomic mass is 9.90. The molecule has 1 aliphatic rings. The summed E-state index contributed by atoms with van der Waals surface area (Å²) < 4.78 is 0. The molecular weight excluding hydrogens is 208 g/mol. The van der Waals surface area contributed by atoms with E-state index in [1.54, 1.807) is 0 Å². The van der Waals surface area contributed by atoms with Gasteiger partial charge in [-0.1, -0.05) is 26.8 Å². The molecule has 2 atom stereocenters. The van der Waals surface area contributed by atoms with Crippen molar-refractivity contribution in [3.8, 4) is 0 Å². The zero-order chi connectivity index (χ0) is 12.3. The lowest BCUT2D eigenvalue weighted by Crippen LogP contribution is -2.38. The van der Waals surface area contributed by atoms with Crippen LogP contribution in [0.15, 0.2) is 18.3 Å². The first-order chi connectivity index (χ1) is 8.22. The van der Waals surface area contributed by atoms with Gasteiger partial charge in [0.05, 0.1) is 5.69 Å². The van der Waals surface area contributed by atoms with Gasteiger partial charge in [-0.05, 0) is 43.2 Å². The van der Waals surface area contributed by atoms with Crippen molar-refractivity contribution in [1.82, 2.24) is 10.3 Å². The predicted molar refractivity (Wildman–Crippen MR) is 72.0 cm³/mol. The molecule has 1 aliphatic carbocycles. The summed E-state index contributed by atoms with van der Waals surface area (Å²) in [7, 11) is 0. The van der Waals surface area contributed by atoms with Gasteiger partial charge in [0, 0.05) is 18.3 Å². The molecule has 1 N–H and O–H groups in total. The van der Waals surface area contributed by atoms with Crippen LogP contribution in [-0.4, -0.2) is 11.0 Å². The summed E-state index contributed by atoms with van der Waals surface area (Å²) in [5.41, 5.74) is 2.73. The van der Waals surface area contributed by atoms with Crippen molar-refractivity contribution in [1.29, 1.82) is 0 Å². The first-order valence-corrected chi connectivity index (χ1v) is 6.92. The Hall–Kier alpha value is -0.890. The minimum absolute atomic E-state index is 0.465. The fourth-order valence-corrected chi connectivity index (χ4v) is 2.81. The van der Waals surface area contributed by atoms with E-state index in [0.29, 0.717) is 18.0 Å². The molecule has 2 nitrogen and oxygen atoms in total. The van der Waals surface area contributed by atoms with Crippen molar-refractivity contribution in [3.05, 3.63) is 29.6 Å². The molecule has 0 fully saturated rings. The smallest absolute Gasteiger partial charge is 0.0605 e. The Labute approximate surface area is 105 Å². The van der Waals surface area contributed by atoms with E-state index in [1.807, 2.05) is 6.20 Å².